The lowest BCUT2D eigenvalue weighted by Crippen LogP contribution is -2.20. The van der Waals surface area contributed by atoms with Crippen molar-refractivity contribution >= 4 is 43.3 Å². The molecule has 0 rings (SSSR count). The van der Waals surface area contributed by atoms with E-state index in [-0.39, 0.29) is 25.7 Å². The summed E-state index contributed by atoms with van der Waals surface area (Å²) in [4.78, 5) is 22.0. The quantitative estimate of drug-likeness (QED) is 0.428. The molecule has 0 aliphatic heterocycles. The minimum atomic E-state index is -2.45. The highest BCUT2D eigenvalue weighted by Crippen LogP contribution is 2.13. The van der Waals surface area contributed by atoms with Gasteiger partial charge in [-0.25, -0.2) is 0 Å². The van der Waals surface area contributed by atoms with Crippen LogP contribution in [0.15, 0.2) is 0 Å². The van der Waals surface area contributed by atoms with Gasteiger partial charge in [0.1, 0.15) is 6.61 Å². The number of hydrogen-bond donors (Lipinski definition) is 1. The lowest BCUT2D eigenvalue weighted by atomic mass is 9.99. The number of esters is 1. The Morgan fingerprint density at radius 1 is 1.10 bits per heavy atom. The first kappa shape index (κ1) is 18.3. The molecule has 1 N–H and O–H groups in total. The minimum absolute atomic E-state index is 0.116. The van der Waals surface area contributed by atoms with Crippen LogP contribution in [0.25, 0.3) is 0 Å². The lowest BCUT2D eigenvalue weighted by Gasteiger charge is -2.12. The van der Waals surface area contributed by atoms with E-state index in [0.717, 1.165) is 10.7 Å². The van der Waals surface area contributed by atoms with Crippen LogP contribution in [-0.4, -0.2) is 51.2 Å². The minimum Gasteiger partial charge on any atom is -0.481 e. The van der Waals surface area contributed by atoms with Crippen molar-refractivity contribution in [2.45, 2.75) is 25.7 Å². The molecule has 0 amide bonds. The van der Waals surface area contributed by atoms with Crippen LogP contribution in [0.4, 0.5) is 0 Å². The molecule has 1 atom stereocenters. The monoisotopic (exact) mass is 326 g/mol. The first-order valence-electron chi connectivity index (χ1n) is 5.54. The molecule has 0 aliphatic rings. The summed E-state index contributed by atoms with van der Waals surface area (Å²) in [5, 5.41) is 10.1. The largest absolute Gasteiger partial charge is 0.481 e. The van der Waals surface area contributed by atoms with Gasteiger partial charge in [-0.2, -0.15) is 16.8 Å². The molecule has 0 spiro atoms. The number of hydrogen-bond acceptors (Lipinski definition) is 7. The average molecular weight is 326 g/mol. The van der Waals surface area contributed by atoms with E-state index in [9.17, 15) is 26.4 Å². The zero-order valence-electron chi connectivity index (χ0n) is 10.4. The van der Waals surface area contributed by atoms with E-state index in [1.165, 1.54) is 0 Å². The highest BCUT2D eigenvalue weighted by atomic mass is 32.2. The number of carbonyl (C=O) groups excluding carboxylic acids is 1. The standard InChI is InChI=1S/C10H14O8S2/c11-9(12)3-1-2-8(4-6-19(14)15)10(13)18-5-7-20(16)17/h6-8H,1-5H2,(H,11,12). The van der Waals surface area contributed by atoms with Crippen LogP contribution in [0.5, 0.6) is 0 Å². The molecule has 20 heavy (non-hydrogen) atoms. The summed E-state index contributed by atoms with van der Waals surface area (Å²) in [7, 11) is -4.89. The first-order chi connectivity index (χ1) is 9.32. The molecule has 0 saturated carbocycles. The number of ether oxygens (including phenoxy) is 1. The number of carboxylic acid groups (broad SMARTS) is 1. The normalized spacial score (nSPS) is 11.2. The Morgan fingerprint density at radius 3 is 2.20 bits per heavy atom. The number of rotatable bonds is 9. The van der Waals surface area contributed by atoms with Crippen LogP contribution in [-0.2, 0) is 34.9 Å². The fourth-order valence-corrected chi connectivity index (χ4v) is 1.88. The van der Waals surface area contributed by atoms with Gasteiger partial charge in [0, 0.05) is 11.8 Å². The Morgan fingerprint density at radius 2 is 1.70 bits per heavy atom. The van der Waals surface area contributed by atoms with Crippen molar-refractivity contribution in [1.29, 1.82) is 0 Å². The van der Waals surface area contributed by atoms with E-state index in [1.54, 1.807) is 0 Å². The molecular formula is C10H14O8S2. The molecule has 0 saturated heterocycles. The predicted molar refractivity (Wildman–Crippen MR) is 70.5 cm³/mol. The van der Waals surface area contributed by atoms with Crippen LogP contribution in [0.1, 0.15) is 25.7 Å². The molecule has 114 valence electrons. The predicted octanol–water partition coefficient (Wildman–Crippen LogP) is -0.847. The van der Waals surface area contributed by atoms with Gasteiger partial charge in [0.05, 0.1) is 11.3 Å². The highest BCUT2D eigenvalue weighted by molar-refractivity contribution is 7.71. The van der Waals surface area contributed by atoms with Gasteiger partial charge in [0.25, 0.3) is 0 Å². The Kier molecular flexibility index (Phi) is 9.30. The molecule has 0 radical (unpaired) electrons. The van der Waals surface area contributed by atoms with E-state index in [1.807, 2.05) is 0 Å². The second kappa shape index (κ2) is 10.1. The third kappa shape index (κ3) is 10.3. The van der Waals surface area contributed by atoms with Crippen molar-refractivity contribution in [2.24, 2.45) is 5.92 Å². The summed E-state index contributed by atoms with van der Waals surface area (Å²) in [6.45, 7) is -0.440. The molecular weight excluding hydrogens is 312 g/mol. The van der Waals surface area contributed by atoms with E-state index in [4.69, 9.17) is 5.11 Å². The van der Waals surface area contributed by atoms with Gasteiger partial charge in [-0.15, -0.1) is 0 Å². The third-order valence-electron chi connectivity index (χ3n) is 2.22. The Labute approximate surface area is 118 Å². The average Bonchev–Trinajstić information content (AvgIpc) is 2.32. The van der Waals surface area contributed by atoms with Gasteiger partial charge in [-0.05, 0) is 19.3 Å². The summed E-state index contributed by atoms with van der Waals surface area (Å²) in [5.74, 6) is -2.61. The molecule has 0 aromatic carbocycles. The number of carbonyl (C=O) groups is 2. The Balaban J connectivity index is 4.55. The van der Waals surface area contributed by atoms with Crippen LogP contribution in [0.2, 0.25) is 0 Å². The molecule has 0 aromatic heterocycles. The van der Waals surface area contributed by atoms with E-state index in [2.05, 4.69) is 4.74 Å². The maximum Gasteiger partial charge on any atom is 0.309 e. The van der Waals surface area contributed by atoms with Crippen molar-refractivity contribution in [3.05, 3.63) is 0 Å². The van der Waals surface area contributed by atoms with Crippen molar-refractivity contribution in [1.82, 2.24) is 0 Å². The van der Waals surface area contributed by atoms with Crippen LogP contribution in [0.3, 0.4) is 0 Å². The zero-order valence-corrected chi connectivity index (χ0v) is 12.0. The second-order valence-electron chi connectivity index (χ2n) is 3.70. The van der Waals surface area contributed by atoms with E-state index >= 15 is 0 Å². The van der Waals surface area contributed by atoms with Gasteiger partial charge in [0.15, 0.2) is 0 Å². The summed E-state index contributed by atoms with van der Waals surface area (Å²) in [5.41, 5.74) is 0. The van der Waals surface area contributed by atoms with Gasteiger partial charge in [0.2, 0.25) is 20.6 Å². The summed E-state index contributed by atoms with van der Waals surface area (Å²) < 4.78 is 45.9. The first-order valence-corrected chi connectivity index (χ1v) is 7.81. The fraction of sp³-hybridized carbons (Fsp3) is 0.600. The highest BCUT2D eigenvalue weighted by Gasteiger charge is 2.19. The van der Waals surface area contributed by atoms with Crippen molar-refractivity contribution in [3.63, 3.8) is 0 Å². The van der Waals surface area contributed by atoms with Crippen LogP contribution < -0.4 is 0 Å². The van der Waals surface area contributed by atoms with Gasteiger partial charge in [-0.1, -0.05) is 0 Å². The SMILES string of the molecule is O=C(O)CCCC(CC=S(=O)=O)C(=O)OCC=S(=O)=O. The van der Waals surface area contributed by atoms with Gasteiger partial charge >= 0.3 is 11.9 Å². The van der Waals surface area contributed by atoms with E-state index in [0.29, 0.717) is 0 Å². The molecule has 0 aromatic rings. The molecule has 0 aliphatic carbocycles. The Bertz CT molecular complexity index is 583. The topological polar surface area (TPSA) is 132 Å². The van der Waals surface area contributed by atoms with Gasteiger partial charge in [-0.3, -0.25) is 9.59 Å². The lowest BCUT2D eigenvalue weighted by molar-refractivity contribution is -0.147. The number of aliphatic carboxylic acids is 1. The third-order valence-corrected chi connectivity index (χ3v) is 3.10. The molecule has 10 heteroatoms. The maximum absolute atomic E-state index is 11.6. The molecule has 1 unspecified atom stereocenters. The Hall–Kier alpha value is -1.68. The summed E-state index contributed by atoms with van der Waals surface area (Å²) >= 11 is 0. The van der Waals surface area contributed by atoms with Crippen LogP contribution in [0, 0.1) is 5.92 Å². The molecule has 0 heterocycles. The number of carboxylic acids is 1. The fourth-order valence-electron chi connectivity index (χ4n) is 1.32. The smallest absolute Gasteiger partial charge is 0.309 e. The molecule has 0 bridgehead atoms. The van der Waals surface area contributed by atoms with Gasteiger partial charge < -0.3 is 9.84 Å². The van der Waals surface area contributed by atoms with Crippen molar-refractivity contribution < 1.29 is 36.3 Å². The molecule has 0 fully saturated rings. The molecule has 8 nitrogen and oxygen atoms in total. The van der Waals surface area contributed by atoms with Crippen molar-refractivity contribution in [3.8, 4) is 0 Å². The van der Waals surface area contributed by atoms with Crippen LogP contribution >= 0.6 is 0 Å². The zero-order chi connectivity index (χ0) is 15.5. The summed E-state index contributed by atoms with van der Waals surface area (Å²) in [6.07, 6.45) is 0.0565. The summed E-state index contributed by atoms with van der Waals surface area (Å²) in [6, 6.07) is 0. The van der Waals surface area contributed by atoms with Crippen molar-refractivity contribution in [2.75, 3.05) is 6.61 Å². The maximum atomic E-state index is 11.6. The second-order valence-corrected chi connectivity index (χ2v) is 5.41. The van der Waals surface area contributed by atoms with E-state index < -0.39 is 45.0 Å².